The molecule has 0 fully saturated rings. The number of hydrogen-bond donors (Lipinski definition) is 2. The number of hydrogen-bond acceptors (Lipinski definition) is 5. The number of aryl methyl sites for hydroxylation is 1. The molecule has 0 unspecified atom stereocenters. The summed E-state index contributed by atoms with van der Waals surface area (Å²) < 4.78 is 17.9. The predicted octanol–water partition coefficient (Wildman–Crippen LogP) is 1.88. The first-order valence-corrected chi connectivity index (χ1v) is 7.09. The maximum absolute atomic E-state index is 12.7. The molecule has 0 spiro atoms. The van der Waals surface area contributed by atoms with Gasteiger partial charge in [0.25, 0.3) is 17.5 Å². The summed E-state index contributed by atoms with van der Waals surface area (Å²) in [7, 11) is 0. The summed E-state index contributed by atoms with van der Waals surface area (Å²) in [5.74, 6) is -1.38. The van der Waals surface area contributed by atoms with Crippen LogP contribution in [0.25, 0.3) is 0 Å². The maximum Gasteiger partial charge on any atom is 0.276 e. The number of benzene rings is 2. The Labute approximate surface area is 141 Å². The number of rotatable bonds is 5. The van der Waals surface area contributed by atoms with Crippen molar-refractivity contribution in [2.75, 3.05) is 6.61 Å². The number of ether oxygens (including phenoxy) is 1. The van der Waals surface area contributed by atoms with Crippen molar-refractivity contribution in [2.45, 2.75) is 6.92 Å². The molecule has 9 heteroatoms. The molecule has 0 aliphatic carbocycles. The largest absolute Gasteiger partial charge is 0.484 e. The number of carbonyl (C=O) groups is 2. The van der Waals surface area contributed by atoms with Gasteiger partial charge in [-0.25, -0.2) is 4.39 Å². The zero-order valence-corrected chi connectivity index (χ0v) is 13.1. The molecule has 0 heterocycles. The van der Waals surface area contributed by atoms with Crippen molar-refractivity contribution in [1.29, 1.82) is 0 Å². The molecule has 2 N–H and O–H groups in total. The van der Waals surface area contributed by atoms with Gasteiger partial charge in [0.1, 0.15) is 11.6 Å². The Kier molecular flexibility index (Phi) is 5.62. The van der Waals surface area contributed by atoms with Crippen LogP contribution in [0.2, 0.25) is 0 Å². The number of nitrogens with zero attached hydrogens (tertiary/aromatic N) is 1. The van der Waals surface area contributed by atoms with E-state index in [9.17, 15) is 24.1 Å². The van der Waals surface area contributed by atoms with Gasteiger partial charge >= 0.3 is 0 Å². The summed E-state index contributed by atoms with van der Waals surface area (Å²) in [5.41, 5.74) is 4.79. The van der Waals surface area contributed by atoms with E-state index < -0.39 is 22.6 Å². The average Bonchev–Trinajstić information content (AvgIpc) is 2.59. The smallest absolute Gasteiger partial charge is 0.276 e. The van der Waals surface area contributed by atoms with E-state index in [2.05, 4.69) is 10.9 Å². The van der Waals surface area contributed by atoms with Crippen LogP contribution in [-0.4, -0.2) is 23.3 Å². The van der Waals surface area contributed by atoms with Crippen LogP contribution >= 0.6 is 0 Å². The number of carbonyl (C=O) groups excluding carboxylic acids is 2. The Morgan fingerprint density at radius 1 is 1.16 bits per heavy atom. The first kappa shape index (κ1) is 17.9. The topological polar surface area (TPSA) is 111 Å². The van der Waals surface area contributed by atoms with E-state index in [1.54, 1.807) is 6.92 Å². The van der Waals surface area contributed by atoms with Gasteiger partial charge in [0, 0.05) is 17.7 Å². The minimum absolute atomic E-state index is 0.134. The molecule has 2 aromatic rings. The summed E-state index contributed by atoms with van der Waals surface area (Å²) in [6, 6.07) is 8.85. The van der Waals surface area contributed by atoms with Crippen LogP contribution in [-0.2, 0) is 4.79 Å². The first-order valence-electron chi connectivity index (χ1n) is 7.09. The standard InChI is InChI=1S/C16H14FN3O5/c1-10-8-12(20(23)24)4-7-14(10)16(22)19-18-15(21)9-25-13-5-2-11(17)3-6-13/h2-8H,9H2,1H3,(H,18,21)(H,19,22). The van der Waals surface area contributed by atoms with Gasteiger partial charge in [-0.05, 0) is 42.8 Å². The number of nitro groups is 1. The molecule has 0 saturated carbocycles. The fourth-order valence-corrected chi connectivity index (χ4v) is 1.93. The monoisotopic (exact) mass is 347 g/mol. The van der Waals surface area contributed by atoms with Crippen molar-refractivity contribution in [3.8, 4) is 5.75 Å². The van der Waals surface area contributed by atoms with E-state index in [0.29, 0.717) is 11.3 Å². The van der Waals surface area contributed by atoms with Crippen LogP contribution in [0.1, 0.15) is 15.9 Å². The van der Waals surface area contributed by atoms with Gasteiger partial charge in [0.2, 0.25) is 0 Å². The van der Waals surface area contributed by atoms with Gasteiger partial charge in [-0.15, -0.1) is 0 Å². The average molecular weight is 347 g/mol. The van der Waals surface area contributed by atoms with Crippen LogP contribution in [0.15, 0.2) is 42.5 Å². The molecule has 2 rings (SSSR count). The second-order valence-corrected chi connectivity index (χ2v) is 5.00. The summed E-state index contributed by atoms with van der Waals surface area (Å²) in [5, 5.41) is 10.7. The molecule has 0 saturated heterocycles. The fraction of sp³-hybridized carbons (Fsp3) is 0.125. The third-order valence-corrected chi connectivity index (χ3v) is 3.16. The quantitative estimate of drug-likeness (QED) is 0.634. The lowest BCUT2D eigenvalue weighted by molar-refractivity contribution is -0.384. The number of halogens is 1. The number of nitro benzene ring substituents is 1. The van der Waals surface area contributed by atoms with E-state index in [1.807, 2.05) is 0 Å². The second kappa shape index (κ2) is 7.86. The van der Waals surface area contributed by atoms with Gasteiger partial charge < -0.3 is 4.74 Å². The normalized spacial score (nSPS) is 10.0. The van der Waals surface area contributed by atoms with Crippen molar-refractivity contribution < 1.29 is 23.6 Å². The predicted molar refractivity (Wildman–Crippen MR) is 85.3 cm³/mol. The van der Waals surface area contributed by atoms with Gasteiger partial charge in [0.15, 0.2) is 6.61 Å². The van der Waals surface area contributed by atoms with Crippen LogP contribution < -0.4 is 15.6 Å². The van der Waals surface area contributed by atoms with Crippen LogP contribution in [0.3, 0.4) is 0 Å². The number of amides is 2. The van der Waals surface area contributed by atoms with Crippen molar-refractivity contribution in [3.05, 3.63) is 69.5 Å². The zero-order valence-electron chi connectivity index (χ0n) is 13.1. The second-order valence-electron chi connectivity index (χ2n) is 5.00. The Morgan fingerprint density at radius 3 is 2.44 bits per heavy atom. The van der Waals surface area contributed by atoms with E-state index in [0.717, 1.165) is 0 Å². The summed E-state index contributed by atoms with van der Waals surface area (Å²) in [6.45, 7) is 1.16. The lowest BCUT2D eigenvalue weighted by Crippen LogP contribution is -2.44. The van der Waals surface area contributed by atoms with Crippen molar-refractivity contribution in [1.82, 2.24) is 10.9 Å². The molecule has 25 heavy (non-hydrogen) atoms. The van der Waals surface area contributed by atoms with E-state index >= 15 is 0 Å². The third-order valence-electron chi connectivity index (χ3n) is 3.16. The van der Waals surface area contributed by atoms with Gasteiger partial charge in [-0.2, -0.15) is 0 Å². The molecule has 0 bridgehead atoms. The Hall–Kier alpha value is -3.49. The molecule has 0 atom stereocenters. The minimum atomic E-state index is -0.628. The molecular formula is C16H14FN3O5. The molecule has 0 aromatic heterocycles. The Morgan fingerprint density at radius 2 is 1.84 bits per heavy atom. The fourth-order valence-electron chi connectivity index (χ4n) is 1.93. The molecule has 2 aromatic carbocycles. The lowest BCUT2D eigenvalue weighted by atomic mass is 10.1. The van der Waals surface area contributed by atoms with Gasteiger partial charge in [0.05, 0.1) is 4.92 Å². The Balaban J connectivity index is 1.85. The number of nitrogens with one attached hydrogen (secondary N) is 2. The maximum atomic E-state index is 12.7. The van der Waals surface area contributed by atoms with E-state index in [-0.39, 0.29) is 17.9 Å². The first-order chi connectivity index (χ1) is 11.9. The van der Waals surface area contributed by atoms with Crippen molar-refractivity contribution >= 4 is 17.5 Å². The highest BCUT2D eigenvalue weighted by Gasteiger charge is 2.14. The molecule has 2 amide bonds. The van der Waals surface area contributed by atoms with Crippen LogP contribution in [0.4, 0.5) is 10.1 Å². The summed E-state index contributed by atoms with van der Waals surface area (Å²) in [4.78, 5) is 33.7. The summed E-state index contributed by atoms with van der Waals surface area (Å²) >= 11 is 0. The molecule has 0 aliphatic heterocycles. The molecule has 0 radical (unpaired) electrons. The highest BCUT2D eigenvalue weighted by atomic mass is 19.1. The number of hydrazine groups is 1. The SMILES string of the molecule is Cc1cc([N+](=O)[O-])ccc1C(=O)NNC(=O)COc1ccc(F)cc1. The zero-order chi connectivity index (χ0) is 18.4. The van der Waals surface area contributed by atoms with Crippen molar-refractivity contribution in [3.63, 3.8) is 0 Å². The molecule has 0 aliphatic rings. The van der Waals surface area contributed by atoms with E-state index in [1.165, 1.54) is 42.5 Å². The van der Waals surface area contributed by atoms with Crippen molar-refractivity contribution in [2.24, 2.45) is 0 Å². The number of non-ortho nitro benzene ring substituents is 1. The molecule has 8 nitrogen and oxygen atoms in total. The highest BCUT2D eigenvalue weighted by molar-refractivity contribution is 5.97. The van der Waals surface area contributed by atoms with Crippen LogP contribution in [0.5, 0.6) is 5.75 Å². The van der Waals surface area contributed by atoms with E-state index in [4.69, 9.17) is 4.74 Å². The molecule has 130 valence electrons. The third kappa shape index (κ3) is 4.99. The highest BCUT2D eigenvalue weighted by Crippen LogP contribution is 2.16. The Bertz CT molecular complexity index is 808. The lowest BCUT2D eigenvalue weighted by Gasteiger charge is -2.10. The minimum Gasteiger partial charge on any atom is -0.484 e. The summed E-state index contributed by atoms with van der Waals surface area (Å²) in [6.07, 6.45) is 0. The molecular weight excluding hydrogens is 333 g/mol. The van der Waals surface area contributed by atoms with Gasteiger partial charge in [-0.1, -0.05) is 0 Å². The van der Waals surface area contributed by atoms with Gasteiger partial charge in [-0.3, -0.25) is 30.6 Å². The van der Waals surface area contributed by atoms with Crippen LogP contribution in [0, 0.1) is 22.9 Å².